The number of amides is 2. The summed E-state index contributed by atoms with van der Waals surface area (Å²) in [7, 11) is 1.60. The van der Waals surface area contributed by atoms with Crippen LogP contribution in [0.2, 0.25) is 0 Å². The summed E-state index contributed by atoms with van der Waals surface area (Å²) in [5.74, 6) is 0.267. The first-order chi connectivity index (χ1) is 22.7. The fourth-order valence-corrected chi connectivity index (χ4v) is 8.48. The van der Waals surface area contributed by atoms with Gasteiger partial charge in [-0.25, -0.2) is 4.39 Å². The first kappa shape index (κ1) is 36.2. The van der Waals surface area contributed by atoms with Crippen molar-refractivity contribution >= 4 is 35.0 Å². The molecule has 2 atom stereocenters. The van der Waals surface area contributed by atoms with E-state index in [1.807, 2.05) is 11.0 Å². The normalized spacial score (nSPS) is 21.6. The van der Waals surface area contributed by atoms with Gasteiger partial charge in [-0.05, 0) is 75.8 Å². The number of rotatable bonds is 9. The summed E-state index contributed by atoms with van der Waals surface area (Å²) < 4.78 is 21.0. The van der Waals surface area contributed by atoms with Gasteiger partial charge >= 0.3 is 0 Å². The van der Waals surface area contributed by atoms with Crippen LogP contribution in [0.3, 0.4) is 0 Å². The molecule has 0 radical (unpaired) electrons. The van der Waals surface area contributed by atoms with Crippen LogP contribution >= 0.6 is 11.8 Å². The lowest BCUT2D eigenvalue weighted by Crippen LogP contribution is -2.53. The molecule has 3 saturated heterocycles. The van der Waals surface area contributed by atoms with Crippen LogP contribution < -0.4 is 9.64 Å². The highest BCUT2D eigenvalue weighted by molar-refractivity contribution is 8.01. The zero-order valence-corrected chi connectivity index (χ0v) is 30.6. The van der Waals surface area contributed by atoms with E-state index in [0.29, 0.717) is 62.6 Å². The van der Waals surface area contributed by atoms with Gasteiger partial charge in [-0.15, -0.1) is 11.8 Å². The number of ether oxygens (including phenoxy) is 1. The molecule has 8 nitrogen and oxygen atoms in total. The minimum absolute atomic E-state index is 0.00501. The Kier molecular flexibility index (Phi) is 11.1. The van der Waals surface area contributed by atoms with Crippen molar-refractivity contribution in [2.45, 2.75) is 83.4 Å². The monoisotopic (exact) mass is 680 g/mol. The van der Waals surface area contributed by atoms with Gasteiger partial charge in [0, 0.05) is 74.8 Å². The van der Waals surface area contributed by atoms with Crippen LogP contribution in [0.1, 0.15) is 88.5 Å². The average molecular weight is 681 g/mol. The number of benzene rings is 2. The summed E-state index contributed by atoms with van der Waals surface area (Å²) in [5.41, 5.74) is 2.09. The number of methoxy groups -OCH3 is 1. The topological polar surface area (TPSA) is 73.4 Å². The van der Waals surface area contributed by atoms with E-state index < -0.39 is 5.25 Å². The van der Waals surface area contributed by atoms with Crippen LogP contribution in [0.5, 0.6) is 5.75 Å². The molecule has 2 aromatic carbocycles. The Bertz CT molecular complexity index is 1450. The molecule has 48 heavy (non-hydrogen) atoms. The smallest absolute Gasteiger partial charge is 0.237 e. The molecule has 3 heterocycles. The molecular formula is C38H53FN4O4S. The number of nitrogens with zero attached hydrogens (tertiary/aromatic N) is 4. The van der Waals surface area contributed by atoms with Gasteiger partial charge in [0.05, 0.1) is 18.0 Å². The van der Waals surface area contributed by atoms with Crippen molar-refractivity contribution in [1.82, 2.24) is 14.7 Å². The number of likely N-dealkylation sites (tertiary alicyclic amines) is 1. The van der Waals surface area contributed by atoms with Gasteiger partial charge in [-0.1, -0.05) is 32.9 Å². The first-order valence-corrected chi connectivity index (χ1v) is 18.3. The van der Waals surface area contributed by atoms with Gasteiger partial charge in [0.15, 0.2) is 5.78 Å². The van der Waals surface area contributed by atoms with Crippen molar-refractivity contribution in [2.75, 3.05) is 57.8 Å². The number of para-hydroxylation sites is 1. The second kappa shape index (κ2) is 14.8. The number of hydrogen-bond donors (Lipinski definition) is 0. The zero-order valence-electron chi connectivity index (χ0n) is 29.8. The molecule has 0 bridgehead atoms. The van der Waals surface area contributed by atoms with Crippen LogP contribution in [0.15, 0.2) is 42.5 Å². The second-order valence-corrected chi connectivity index (χ2v) is 16.9. The molecular weight excluding hydrogens is 628 g/mol. The number of ketones is 1. The van der Waals surface area contributed by atoms with E-state index in [1.54, 1.807) is 42.3 Å². The van der Waals surface area contributed by atoms with E-state index in [4.69, 9.17) is 4.74 Å². The van der Waals surface area contributed by atoms with Crippen LogP contribution in [0.4, 0.5) is 10.1 Å². The fourth-order valence-electron chi connectivity index (χ4n) is 6.98. The lowest BCUT2D eigenvalue weighted by Gasteiger charge is -2.43. The molecule has 0 saturated carbocycles. The highest BCUT2D eigenvalue weighted by Gasteiger charge is 2.44. The van der Waals surface area contributed by atoms with Gasteiger partial charge in [-0.2, -0.15) is 0 Å². The summed E-state index contributed by atoms with van der Waals surface area (Å²) in [6, 6.07) is 12.4. The van der Waals surface area contributed by atoms with Crippen LogP contribution in [-0.2, 0) is 9.59 Å². The van der Waals surface area contributed by atoms with Gasteiger partial charge in [-0.3, -0.25) is 19.3 Å². The summed E-state index contributed by atoms with van der Waals surface area (Å²) in [6.45, 7) is 17.7. The van der Waals surface area contributed by atoms with Crippen molar-refractivity contribution in [2.24, 2.45) is 11.3 Å². The summed E-state index contributed by atoms with van der Waals surface area (Å²) >= 11 is 1.48. The van der Waals surface area contributed by atoms with E-state index in [-0.39, 0.29) is 52.1 Å². The number of thioether (sulfide) groups is 1. The number of carbonyl (C=O) groups excluding carboxylic acids is 3. The molecule has 0 spiro atoms. The highest BCUT2D eigenvalue weighted by Crippen LogP contribution is 2.48. The van der Waals surface area contributed by atoms with Gasteiger partial charge in [0.25, 0.3) is 0 Å². The lowest BCUT2D eigenvalue weighted by molar-refractivity contribution is -0.136. The molecule has 2 aromatic rings. The number of hydrogen-bond acceptors (Lipinski definition) is 7. The lowest BCUT2D eigenvalue weighted by atomic mass is 9.88. The fraction of sp³-hybridized carbons (Fsp3) is 0.605. The predicted octanol–water partition coefficient (Wildman–Crippen LogP) is 6.65. The van der Waals surface area contributed by atoms with Crippen LogP contribution in [0.25, 0.3) is 0 Å². The highest BCUT2D eigenvalue weighted by atomic mass is 32.2. The molecule has 3 aliphatic rings. The summed E-state index contributed by atoms with van der Waals surface area (Å²) in [6.07, 6.45) is 2.08. The van der Waals surface area contributed by atoms with Crippen molar-refractivity contribution in [3.63, 3.8) is 0 Å². The molecule has 0 N–H and O–H groups in total. The SMILES string of the molecule is COc1ccc(C(=O)C2CCN(C(=O)C[C@@H]3SC(c4cccc(F)c4N4CCN(C(C)(C)C)CC4)N(CCC(C)(C)C)C3=O)CC2)cc1. The number of halogens is 1. The largest absolute Gasteiger partial charge is 0.497 e. The van der Waals surface area contributed by atoms with E-state index in [2.05, 4.69) is 51.3 Å². The van der Waals surface area contributed by atoms with Crippen molar-refractivity contribution in [3.8, 4) is 5.75 Å². The molecule has 0 aliphatic carbocycles. The second-order valence-electron chi connectivity index (χ2n) is 15.6. The van der Waals surface area contributed by atoms with Gasteiger partial charge in [0.2, 0.25) is 11.8 Å². The Morgan fingerprint density at radius 3 is 2.15 bits per heavy atom. The first-order valence-electron chi connectivity index (χ1n) is 17.4. The Morgan fingerprint density at radius 1 is 0.917 bits per heavy atom. The van der Waals surface area contributed by atoms with Crippen LogP contribution in [0, 0.1) is 17.2 Å². The molecule has 0 aromatic heterocycles. The predicted molar refractivity (Wildman–Crippen MR) is 191 cm³/mol. The van der Waals surface area contributed by atoms with E-state index in [9.17, 15) is 14.4 Å². The number of anilines is 1. The quantitative estimate of drug-likeness (QED) is 0.275. The molecule has 10 heteroatoms. The maximum absolute atomic E-state index is 15.7. The average Bonchev–Trinajstić information content (AvgIpc) is 3.36. The standard InChI is InChI=1S/C38H53FN4O4S/c1-37(2,3)17-20-43-35(46)31(25-32(44)40-18-15-27(16-19-40)34(45)26-11-13-28(47-7)14-12-26)48-36(43)29-9-8-10-30(39)33(29)41-21-23-42(24-22-41)38(4,5)6/h8-14,27,31,36H,15-25H2,1-7H3/t31-,36?/m0/s1. The minimum Gasteiger partial charge on any atom is -0.497 e. The Balaban J connectivity index is 1.28. The number of Topliss-reactive ketones (excluding diaryl/α,β-unsaturated/α-hetero) is 1. The molecule has 3 fully saturated rings. The van der Waals surface area contributed by atoms with Gasteiger partial charge < -0.3 is 19.4 Å². The molecule has 1 unspecified atom stereocenters. The number of piperazine rings is 1. The molecule has 262 valence electrons. The third-order valence-electron chi connectivity index (χ3n) is 10.0. The van der Waals surface area contributed by atoms with E-state index in [1.165, 1.54) is 17.8 Å². The summed E-state index contributed by atoms with van der Waals surface area (Å²) in [4.78, 5) is 49.1. The Morgan fingerprint density at radius 2 is 1.56 bits per heavy atom. The zero-order chi connectivity index (χ0) is 34.8. The van der Waals surface area contributed by atoms with E-state index >= 15 is 4.39 Å². The molecule has 2 amide bonds. The van der Waals surface area contributed by atoms with Gasteiger partial charge in [0.1, 0.15) is 16.9 Å². The number of carbonyl (C=O) groups is 3. The number of piperidine rings is 1. The third kappa shape index (κ3) is 8.36. The van der Waals surface area contributed by atoms with Crippen molar-refractivity contribution < 1.29 is 23.5 Å². The molecule has 3 aliphatic heterocycles. The molecule has 5 rings (SSSR count). The summed E-state index contributed by atoms with van der Waals surface area (Å²) in [5, 5.41) is -0.924. The maximum Gasteiger partial charge on any atom is 0.237 e. The third-order valence-corrected chi connectivity index (χ3v) is 11.5. The van der Waals surface area contributed by atoms with E-state index in [0.717, 1.165) is 25.1 Å². The Labute approximate surface area is 290 Å². The maximum atomic E-state index is 15.7. The van der Waals surface area contributed by atoms with Crippen LogP contribution in [-0.4, -0.2) is 96.0 Å². The Hall–Kier alpha value is -3.11. The van der Waals surface area contributed by atoms with Crippen molar-refractivity contribution in [3.05, 3.63) is 59.4 Å². The minimum atomic E-state index is -0.546. The van der Waals surface area contributed by atoms with Crippen molar-refractivity contribution in [1.29, 1.82) is 0 Å².